The second-order valence-corrected chi connectivity index (χ2v) is 10.1. The summed E-state index contributed by atoms with van der Waals surface area (Å²) in [5.74, 6) is -0.0517. The first kappa shape index (κ1) is 23.0. The largest absolute Gasteiger partial charge is 0.383 e. The first-order chi connectivity index (χ1) is 16.6. The molecule has 2 fully saturated rings. The molecule has 34 heavy (non-hydrogen) atoms. The number of ether oxygens (including phenoxy) is 1. The molecule has 2 aromatic carbocycles. The fourth-order valence-electron chi connectivity index (χ4n) is 5.10. The molecule has 3 amide bonds. The van der Waals surface area contributed by atoms with Gasteiger partial charge in [0.25, 0.3) is 5.91 Å². The Morgan fingerprint density at radius 1 is 1.00 bits per heavy atom. The first-order valence-corrected chi connectivity index (χ1v) is 12.7. The van der Waals surface area contributed by atoms with Gasteiger partial charge in [0.15, 0.2) is 0 Å². The molecule has 0 saturated carbocycles. The molecule has 0 atom stereocenters. The van der Waals surface area contributed by atoms with Gasteiger partial charge in [0.2, 0.25) is 0 Å². The molecule has 7 nitrogen and oxygen atoms in total. The van der Waals surface area contributed by atoms with Gasteiger partial charge in [-0.05, 0) is 37.0 Å². The summed E-state index contributed by atoms with van der Waals surface area (Å²) in [4.78, 5) is 37.4. The van der Waals surface area contributed by atoms with E-state index in [0.29, 0.717) is 39.0 Å². The molecule has 3 aromatic rings. The lowest BCUT2D eigenvalue weighted by atomic mass is 9.85. The predicted molar refractivity (Wildman–Crippen MR) is 133 cm³/mol. The van der Waals surface area contributed by atoms with Gasteiger partial charge in [-0.25, -0.2) is 9.78 Å². The number of hydrogen-bond acceptors (Lipinski definition) is 6. The minimum Gasteiger partial charge on any atom is -0.383 e. The van der Waals surface area contributed by atoms with Crippen LogP contribution in [0, 0.1) is 0 Å². The highest BCUT2D eigenvalue weighted by Crippen LogP contribution is 2.38. The lowest BCUT2D eigenvalue weighted by Gasteiger charge is -2.42. The van der Waals surface area contributed by atoms with E-state index in [9.17, 15) is 9.59 Å². The van der Waals surface area contributed by atoms with Crippen molar-refractivity contribution in [2.45, 2.75) is 31.3 Å². The number of hydrogen-bond donors (Lipinski definition) is 0. The van der Waals surface area contributed by atoms with Crippen LogP contribution in [0.2, 0.25) is 0 Å². The smallest absolute Gasteiger partial charge is 0.327 e. The number of piperidine rings is 1. The van der Waals surface area contributed by atoms with Gasteiger partial charge in [-0.2, -0.15) is 0 Å². The highest BCUT2D eigenvalue weighted by atomic mass is 32.1. The molecule has 8 heteroatoms. The normalized spacial score (nSPS) is 18.5. The molecular formula is C26H30N4O3S. The Labute approximate surface area is 203 Å². The van der Waals surface area contributed by atoms with Gasteiger partial charge in [-0.3, -0.25) is 14.6 Å². The van der Waals surface area contributed by atoms with Crippen molar-refractivity contribution in [3.8, 4) is 0 Å². The van der Waals surface area contributed by atoms with E-state index in [-0.39, 0.29) is 11.9 Å². The van der Waals surface area contributed by atoms with Crippen LogP contribution in [0.25, 0.3) is 10.2 Å². The molecule has 1 aromatic heterocycles. The number of carbonyl (C=O) groups is 2. The van der Waals surface area contributed by atoms with Crippen molar-refractivity contribution in [1.82, 2.24) is 19.7 Å². The minimum absolute atomic E-state index is 0.0517. The maximum atomic E-state index is 13.7. The van der Waals surface area contributed by atoms with Gasteiger partial charge < -0.3 is 9.64 Å². The summed E-state index contributed by atoms with van der Waals surface area (Å²) < 4.78 is 6.47. The summed E-state index contributed by atoms with van der Waals surface area (Å²) in [5.41, 5.74) is 1.39. The number of nitrogens with zero attached hydrogens (tertiary/aromatic N) is 4. The molecule has 3 heterocycles. The molecule has 2 saturated heterocycles. The van der Waals surface area contributed by atoms with Crippen LogP contribution in [0.5, 0.6) is 0 Å². The molecule has 0 aliphatic carbocycles. The zero-order valence-corrected chi connectivity index (χ0v) is 20.3. The summed E-state index contributed by atoms with van der Waals surface area (Å²) in [6.07, 6.45) is 1.93. The maximum Gasteiger partial charge on any atom is 0.327 e. The SMILES string of the molecule is COCCN1C(=O)N(CCc2ccccc2)C(=O)C12CCN(Cc1nc3ccccc3s1)CC2. The molecule has 2 aliphatic rings. The number of carbonyl (C=O) groups excluding carboxylic acids is 2. The highest BCUT2D eigenvalue weighted by Gasteiger charge is 2.57. The molecule has 1 spiro atoms. The summed E-state index contributed by atoms with van der Waals surface area (Å²) in [5, 5.41) is 1.09. The maximum absolute atomic E-state index is 13.7. The quantitative estimate of drug-likeness (QED) is 0.461. The van der Waals surface area contributed by atoms with E-state index in [1.54, 1.807) is 23.3 Å². The number of benzene rings is 2. The van der Waals surface area contributed by atoms with Crippen molar-refractivity contribution < 1.29 is 14.3 Å². The number of amides is 3. The van der Waals surface area contributed by atoms with Crippen molar-refractivity contribution >= 4 is 33.5 Å². The van der Waals surface area contributed by atoms with E-state index in [1.807, 2.05) is 48.5 Å². The van der Waals surface area contributed by atoms with E-state index >= 15 is 0 Å². The van der Waals surface area contributed by atoms with Gasteiger partial charge in [0.1, 0.15) is 10.5 Å². The Kier molecular flexibility index (Phi) is 6.63. The Morgan fingerprint density at radius 2 is 1.74 bits per heavy atom. The van der Waals surface area contributed by atoms with Crippen LogP contribution in [0.1, 0.15) is 23.4 Å². The van der Waals surface area contributed by atoms with E-state index in [0.717, 1.165) is 35.7 Å². The lowest BCUT2D eigenvalue weighted by Crippen LogP contribution is -2.57. The van der Waals surface area contributed by atoms with Crippen molar-refractivity contribution in [3.05, 3.63) is 65.2 Å². The number of thiazole rings is 1. The van der Waals surface area contributed by atoms with E-state index in [4.69, 9.17) is 9.72 Å². The topological polar surface area (TPSA) is 66.0 Å². The monoisotopic (exact) mass is 478 g/mol. The predicted octanol–water partition coefficient (Wildman–Crippen LogP) is 3.78. The zero-order valence-electron chi connectivity index (χ0n) is 19.5. The average Bonchev–Trinajstić information content (AvgIpc) is 3.35. The number of fused-ring (bicyclic) bond motifs is 1. The Morgan fingerprint density at radius 3 is 2.47 bits per heavy atom. The van der Waals surface area contributed by atoms with E-state index in [2.05, 4.69) is 11.0 Å². The van der Waals surface area contributed by atoms with Crippen LogP contribution in [-0.2, 0) is 22.5 Å². The third-order valence-corrected chi connectivity index (χ3v) is 8.01. The van der Waals surface area contributed by atoms with Crippen LogP contribution in [0.4, 0.5) is 4.79 Å². The molecule has 2 aliphatic heterocycles. The third-order valence-electron chi connectivity index (χ3n) is 6.99. The van der Waals surface area contributed by atoms with Crippen molar-refractivity contribution in [3.63, 3.8) is 0 Å². The first-order valence-electron chi connectivity index (χ1n) is 11.8. The van der Waals surface area contributed by atoms with Gasteiger partial charge >= 0.3 is 6.03 Å². The minimum atomic E-state index is -0.767. The molecule has 0 N–H and O–H groups in total. The lowest BCUT2D eigenvalue weighted by molar-refractivity contribution is -0.135. The fourth-order valence-corrected chi connectivity index (χ4v) is 6.11. The zero-order chi connectivity index (χ0) is 23.5. The summed E-state index contributed by atoms with van der Waals surface area (Å²) in [6.45, 7) is 3.54. The number of methoxy groups -OCH3 is 1. The Bertz CT molecular complexity index is 1120. The second kappa shape index (κ2) is 9.82. The number of rotatable bonds is 8. The average molecular weight is 479 g/mol. The number of para-hydroxylation sites is 1. The molecular weight excluding hydrogens is 448 g/mol. The summed E-state index contributed by atoms with van der Waals surface area (Å²) >= 11 is 1.72. The Hall–Kier alpha value is -2.81. The standard InChI is InChI=1S/C26H30N4O3S/c1-33-18-17-30-25(32)29(14-11-20-7-3-2-4-8-20)24(31)26(30)12-15-28(16-13-26)19-23-27-21-9-5-6-10-22(21)34-23/h2-10H,11-19H2,1H3. The van der Waals surface area contributed by atoms with Crippen molar-refractivity contribution in [2.75, 3.05) is 39.9 Å². The molecule has 0 radical (unpaired) electrons. The van der Waals surface area contributed by atoms with Crippen LogP contribution >= 0.6 is 11.3 Å². The number of aromatic nitrogens is 1. The molecule has 178 valence electrons. The fraction of sp³-hybridized carbons (Fsp3) is 0.423. The second-order valence-electron chi connectivity index (χ2n) is 9.00. The van der Waals surface area contributed by atoms with Crippen LogP contribution < -0.4 is 0 Å². The number of urea groups is 1. The van der Waals surface area contributed by atoms with E-state index < -0.39 is 5.54 Å². The van der Waals surface area contributed by atoms with Crippen LogP contribution in [-0.4, -0.2) is 77.1 Å². The van der Waals surface area contributed by atoms with Gasteiger partial charge in [-0.1, -0.05) is 42.5 Å². The summed E-state index contributed by atoms with van der Waals surface area (Å²) in [7, 11) is 1.63. The number of imide groups is 1. The Balaban J connectivity index is 1.28. The summed E-state index contributed by atoms with van der Waals surface area (Å²) in [6, 6.07) is 18.0. The molecule has 5 rings (SSSR count). The number of likely N-dealkylation sites (tertiary alicyclic amines) is 1. The molecule has 0 unspecified atom stereocenters. The van der Waals surface area contributed by atoms with Gasteiger partial charge in [0, 0.05) is 33.3 Å². The van der Waals surface area contributed by atoms with Crippen molar-refractivity contribution in [1.29, 1.82) is 0 Å². The van der Waals surface area contributed by atoms with Crippen LogP contribution in [0.3, 0.4) is 0 Å². The van der Waals surface area contributed by atoms with Crippen LogP contribution in [0.15, 0.2) is 54.6 Å². The third kappa shape index (κ3) is 4.33. The van der Waals surface area contributed by atoms with Crippen molar-refractivity contribution in [2.24, 2.45) is 0 Å². The van der Waals surface area contributed by atoms with Gasteiger partial charge in [0.05, 0.1) is 23.4 Å². The van der Waals surface area contributed by atoms with Gasteiger partial charge in [-0.15, -0.1) is 11.3 Å². The molecule has 0 bridgehead atoms. The van der Waals surface area contributed by atoms with E-state index in [1.165, 1.54) is 9.60 Å². The highest BCUT2D eigenvalue weighted by molar-refractivity contribution is 7.18.